The van der Waals surface area contributed by atoms with Gasteiger partial charge >= 0.3 is 0 Å². The summed E-state index contributed by atoms with van der Waals surface area (Å²) < 4.78 is 1.65. The zero-order valence-electron chi connectivity index (χ0n) is 11.8. The molecule has 116 valence electrons. The van der Waals surface area contributed by atoms with Crippen LogP contribution in [0.1, 0.15) is 15.9 Å². The summed E-state index contributed by atoms with van der Waals surface area (Å²) in [5.74, 6) is -0.345. The number of halogens is 2. The van der Waals surface area contributed by atoms with Crippen LogP contribution in [-0.4, -0.2) is 25.7 Å². The molecule has 3 rings (SSSR count). The third kappa shape index (κ3) is 3.49. The summed E-state index contributed by atoms with van der Waals surface area (Å²) in [7, 11) is 0. The van der Waals surface area contributed by atoms with E-state index in [0.717, 1.165) is 11.3 Å². The number of rotatable bonds is 4. The van der Waals surface area contributed by atoms with Crippen molar-refractivity contribution in [2.24, 2.45) is 0 Å². The van der Waals surface area contributed by atoms with Crippen LogP contribution in [0.2, 0.25) is 10.0 Å². The quantitative estimate of drug-likeness (QED) is 0.787. The highest BCUT2D eigenvalue weighted by Gasteiger charge is 2.14. The zero-order valence-corrected chi connectivity index (χ0v) is 13.3. The fraction of sp³-hybridized carbons (Fsp3) is 0.0667. The highest BCUT2D eigenvalue weighted by atomic mass is 35.5. The molecular formula is C15H11Cl2N5O. The van der Waals surface area contributed by atoms with Crippen LogP contribution in [0.15, 0.2) is 49.3 Å². The number of amides is 1. The molecule has 0 aliphatic rings. The van der Waals surface area contributed by atoms with Crippen molar-refractivity contribution in [2.45, 2.75) is 6.54 Å². The maximum Gasteiger partial charge on any atom is 0.254 e. The molecule has 0 unspecified atom stereocenters. The van der Waals surface area contributed by atoms with E-state index < -0.39 is 0 Å². The fourth-order valence-corrected chi connectivity index (χ4v) is 2.54. The molecule has 6 nitrogen and oxygen atoms in total. The molecule has 0 aliphatic carbocycles. The summed E-state index contributed by atoms with van der Waals surface area (Å²) in [5.41, 5.74) is 2.05. The van der Waals surface area contributed by atoms with E-state index in [1.807, 2.05) is 24.3 Å². The van der Waals surface area contributed by atoms with Crippen molar-refractivity contribution in [2.75, 3.05) is 0 Å². The van der Waals surface area contributed by atoms with Gasteiger partial charge in [0.15, 0.2) is 0 Å². The lowest BCUT2D eigenvalue weighted by Gasteiger charge is -2.08. The molecule has 0 saturated heterocycles. The maximum absolute atomic E-state index is 12.2. The Hall–Kier alpha value is -2.44. The Labute approximate surface area is 142 Å². The minimum Gasteiger partial charge on any atom is -0.348 e. The summed E-state index contributed by atoms with van der Waals surface area (Å²) in [4.78, 5) is 19.9. The first kappa shape index (κ1) is 15.5. The zero-order chi connectivity index (χ0) is 16.2. The first-order chi connectivity index (χ1) is 11.1. The molecule has 0 spiro atoms. The lowest BCUT2D eigenvalue weighted by Crippen LogP contribution is -2.23. The number of nitrogens with one attached hydrogen (secondary N) is 1. The van der Waals surface area contributed by atoms with E-state index in [1.54, 1.807) is 11.0 Å². The minimum atomic E-state index is -0.345. The standard InChI is InChI=1S/C15H11Cl2N5O/c16-12-6-18-7-13(17)14(12)15(23)20-5-10-1-3-11(4-2-10)22-9-19-8-21-22/h1-4,6-9H,5H2,(H,20,23). The second kappa shape index (κ2) is 6.76. The number of carbonyl (C=O) groups is 1. The molecule has 2 heterocycles. The van der Waals surface area contributed by atoms with Crippen LogP contribution in [0, 0.1) is 0 Å². The average molecular weight is 348 g/mol. The highest BCUT2D eigenvalue weighted by molar-refractivity contribution is 6.39. The number of benzene rings is 1. The Balaban J connectivity index is 1.67. The van der Waals surface area contributed by atoms with Crippen LogP contribution in [0.4, 0.5) is 0 Å². The maximum atomic E-state index is 12.2. The Morgan fingerprint density at radius 3 is 2.39 bits per heavy atom. The molecule has 23 heavy (non-hydrogen) atoms. The second-order valence-corrected chi connectivity index (χ2v) is 5.48. The van der Waals surface area contributed by atoms with Crippen molar-refractivity contribution < 1.29 is 4.79 Å². The van der Waals surface area contributed by atoms with Crippen molar-refractivity contribution in [3.63, 3.8) is 0 Å². The second-order valence-electron chi connectivity index (χ2n) is 4.67. The first-order valence-corrected chi connectivity index (χ1v) is 7.42. The van der Waals surface area contributed by atoms with Crippen molar-refractivity contribution in [1.82, 2.24) is 25.1 Å². The summed E-state index contributed by atoms with van der Waals surface area (Å²) in [6.07, 6.45) is 5.85. The van der Waals surface area contributed by atoms with E-state index in [2.05, 4.69) is 20.4 Å². The average Bonchev–Trinajstić information content (AvgIpc) is 3.08. The predicted molar refractivity (Wildman–Crippen MR) is 86.8 cm³/mol. The summed E-state index contributed by atoms with van der Waals surface area (Å²) >= 11 is 11.9. The molecule has 1 amide bonds. The van der Waals surface area contributed by atoms with Gasteiger partial charge in [0, 0.05) is 18.9 Å². The molecule has 0 radical (unpaired) electrons. The topological polar surface area (TPSA) is 72.7 Å². The Bertz CT molecular complexity index is 798. The largest absolute Gasteiger partial charge is 0.348 e. The molecular weight excluding hydrogens is 337 g/mol. The van der Waals surface area contributed by atoms with Gasteiger partial charge in [-0.25, -0.2) is 9.67 Å². The summed E-state index contributed by atoms with van der Waals surface area (Å²) in [6.45, 7) is 0.353. The van der Waals surface area contributed by atoms with Crippen LogP contribution in [0.5, 0.6) is 0 Å². The molecule has 1 aromatic carbocycles. The van der Waals surface area contributed by atoms with E-state index >= 15 is 0 Å². The molecule has 1 N–H and O–H groups in total. The smallest absolute Gasteiger partial charge is 0.254 e. The van der Waals surface area contributed by atoms with Crippen molar-refractivity contribution in [1.29, 1.82) is 0 Å². The van der Waals surface area contributed by atoms with E-state index in [4.69, 9.17) is 23.2 Å². The number of hydrogen-bond donors (Lipinski definition) is 1. The Morgan fingerprint density at radius 2 is 1.78 bits per heavy atom. The summed E-state index contributed by atoms with van der Waals surface area (Å²) in [5, 5.41) is 7.27. The third-order valence-electron chi connectivity index (χ3n) is 3.15. The molecule has 0 fully saturated rings. The van der Waals surface area contributed by atoms with Gasteiger partial charge < -0.3 is 5.32 Å². The van der Waals surface area contributed by atoms with Crippen LogP contribution in [-0.2, 0) is 6.54 Å². The normalized spacial score (nSPS) is 10.5. The van der Waals surface area contributed by atoms with Gasteiger partial charge in [0.05, 0.1) is 21.3 Å². The third-order valence-corrected chi connectivity index (χ3v) is 3.73. The molecule has 3 aromatic rings. The van der Waals surface area contributed by atoms with Crippen LogP contribution in [0.3, 0.4) is 0 Å². The van der Waals surface area contributed by atoms with Crippen LogP contribution < -0.4 is 5.32 Å². The predicted octanol–water partition coefficient (Wildman–Crippen LogP) is 2.90. The molecule has 0 bridgehead atoms. The lowest BCUT2D eigenvalue weighted by molar-refractivity contribution is 0.0951. The molecule has 0 aliphatic heterocycles. The van der Waals surface area contributed by atoms with Gasteiger partial charge in [-0.1, -0.05) is 35.3 Å². The van der Waals surface area contributed by atoms with Gasteiger partial charge in [-0.3, -0.25) is 9.78 Å². The van der Waals surface area contributed by atoms with Crippen molar-refractivity contribution in [3.05, 3.63) is 70.5 Å². The number of aromatic nitrogens is 4. The van der Waals surface area contributed by atoms with Gasteiger partial charge in [-0.15, -0.1) is 0 Å². The van der Waals surface area contributed by atoms with Crippen molar-refractivity contribution in [3.8, 4) is 5.69 Å². The minimum absolute atomic E-state index is 0.219. The van der Waals surface area contributed by atoms with Crippen LogP contribution in [0.25, 0.3) is 5.69 Å². The Kier molecular flexibility index (Phi) is 4.55. The number of hydrogen-bond acceptors (Lipinski definition) is 4. The summed E-state index contributed by atoms with van der Waals surface area (Å²) in [6, 6.07) is 7.57. The first-order valence-electron chi connectivity index (χ1n) is 6.66. The van der Waals surface area contributed by atoms with Gasteiger partial charge in [0.25, 0.3) is 5.91 Å². The SMILES string of the molecule is O=C(NCc1ccc(-n2cncn2)cc1)c1c(Cl)cncc1Cl. The van der Waals surface area contributed by atoms with E-state index in [1.165, 1.54) is 18.7 Å². The molecule has 0 saturated carbocycles. The number of nitrogens with zero attached hydrogens (tertiary/aromatic N) is 4. The van der Waals surface area contributed by atoms with Gasteiger partial charge in [0.2, 0.25) is 0 Å². The molecule has 8 heteroatoms. The monoisotopic (exact) mass is 347 g/mol. The van der Waals surface area contributed by atoms with Gasteiger partial charge in [-0.2, -0.15) is 5.10 Å². The Morgan fingerprint density at radius 1 is 1.09 bits per heavy atom. The van der Waals surface area contributed by atoms with Crippen LogP contribution >= 0.6 is 23.2 Å². The van der Waals surface area contributed by atoms with Crippen molar-refractivity contribution >= 4 is 29.1 Å². The number of pyridine rings is 1. The van der Waals surface area contributed by atoms with Gasteiger partial charge in [0.1, 0.15) is 12.7 Å². The molecule has 2 aromatic heterocycles. The van der Waals surface area contributed by atoms with Gasteiger partial charge in [-0.05, 0) is 17.7 Å². The van der Waals surface area contributed by atoms with E-state index in [9.17, 15) is 4.79 Å². The molecule has 0 atom stereocenters. The number of carbonyl (C=O) groups excluding carboxylic acids is 1. The fourth-order valence-electron chi connectivity index (χ4n) is 2.01. The van der Waals surface area contributed by atoms with E-state index in [0.29, 0.717) is 6.54 Å². The lowest BCUT2D eigenvalue weighted by atomic mass is 10.2. The van der Waals surface area contributed by atoms with E-state index in [-0.39, 0.29) is 21.5 Å². The highest BCUT2D eigenvalue weighted by Crippen LogP contribution is 2.22.